The zero-order valence-corrected chi connectivity index (χ0v) is 17.3. The monoisotopic (exact) mass is 414 g/mol. The molecule has 1 aromatic carbocycles. The van der Waals surface area contributed by atoms with Gasteiger partial charge in [0.15, 0.2) is 5.41 Å². The van der Waals surface area contributed by atoms with Crippen molar-refractivity contribution in [3.8, 4) is 0 Å². The summed E-state index contributed by atoms with van der Waals surface area (Å²) in [5.74, 6) is -0.967. The van der Waals surface area contributed by atoms with Crippen LogP contribution in [-0.2, 0) is 16.0 Å². The third-order valence-corrected chi connectivity index (χ3v) is 6.65. The predicted octanol–water partition coefficient (Wildman–Crippen LogP) is 2.72. The van der Waals surface area contributed by atoms with Gasteiger partial charge in [0, 0.05) is 44.4 Å². The van der Waals surface area contributed by atoms with Gasteiger partial charge in [-0.15, -0.1) is 0 Å². The number of hydrogen-bond donors (Lipinski definition) is 0. The number of non-ortho nitro benzene ring substituents is 1. The fourth-order valence-electron chi connectivity index (χ4n) is 5.28. The van der Waals surface area contributed by atoms with Gasteiger partial charge in [-0.3, -0.25) is 29.5 Å². The molecule has 4 rings (SSSR count). The van der Waals surface area contributed by atoms with Crippen LogP contribution in [0.25, 0.3) is 0 Å². The summed E-state index contributed by atoms with van der Waals surface area (Å²) in [6.07, 6.45) is 4.11. The van der Waals surface area contributed by atoms with Crippen LogP contribution in [0, 0.1) is 15.5 Å². The Hall–Kier alpha value is -2.97. The molecule has 2 saturated heterocycles. The summed E-state index contributed by atoms with van der Waals surface area (Å²) in [5.41, 5.74) is -0.0454. The van der Waals surface area contributed by atoms with Gasteiger partial charge < -0.3 is 4.90 Å². The van der Waals surface area contributed by atoms with Crippen molar-refractivity contribution >= 4 is 29.2 Å². The van der Waals surface area contributed by atoms with E-state index < -0.39 is 28.2 Å². The van der Waals surface area contributed by atoms with Gasteiger partial charge in [-0.1, -0.05) is 19.8 Å². The van der Waals surface area contributed by atoms with Gasteiger partial charge in [0.25, 0.3) is 5.69 Å². The van der Waals surface area contributed by atoms with E-state index in [0.29, 0.717) is 24.9 Å². The van der Waals surface area contributed by atoms with Crippen LogP contribution in [-0.4, -0.2) is 58.7 Å². The van der Waals surface area contributed by atoms with Gasteiger partial charge >= 0.3 is 6.03 Å². The minimum absolute atomic E-state index is 0.0669. The highest BCUT2D eigenvalue weighted by Crippen LogP contribution is 2.48. The maximum atomic E-state index is 13.8. The molecule has 1 spiro atoms. The third-order valence-electron chi connectivity index (χ3n) is 6.65. The molecular formula is C21H26N4O5. The highest BCUT2D eigenvalue weighted by molar-refractivity contribution is 6.20. The zero-order valence-electron chi connectivity index (χ0n) is 17.3. The standard InChI is InChI=1S/C21H26N4O5/c1-3-10-24-19(27)21(18(26)22(2)20(24)28)13-14-12-15(25(29)30)8-9-16(14)23-11-6-4-5-7-17(21)23/h8-9,12,17H,3-7,10-11,13H2,1-2H3/t17-,21+/m0/s1. The summed E-state index contributed by atoms with van der Waals surface area (Å²) in [5, 5.41) is 11.4. The number of rotatable bonds is 3. The summed E-state index contributed by atoms with van der Waals surface area (Å²) in [4.78, 5) is 55.2. The SMILES string of the molecule is CCCN1C(=O)N(C)C(=O)[C@]2(Cc3cc([N+](=O)[O-])ccc3N3CCCCC[C@H]32)C1=O. The van der Waals surface area contributed by atoms with Crippen LogP contribution in [0.3, 0.4) is 0 Å². The number of nitrogens with zero attached hydrogens (tertiary/aromatic N) is 4. The molecule has 1 aromatic rings. The second-order valence-electron chi connectivity index (χ2n) is 8.38. The Morgan fingerprint density at radius 3 is 2.63 bits per heavy atom. The lowest BCUT2D eigenvalue weighted by Gasteiger charge is -2.53. The van der Waals surface area contributed by atoms with Crippen LogP contribution in [0.4, 0.5) is 16.2 Å². The first kappa shape index (κ1) is 20.3. The first-order valence-corrected chi connectivity index (χ1v) is 10.5. The summed E-state index contributed by atoms with van der Waals surface area (Å²) < 4.78 is 0. The molecule has 0 aliphatic carbocycles. The van der Waals surface area contributed by atoms with E-state index in [0.717, 1.165) is 29.8 Å². The van der Waals surface area contributed by atoms with E-state index in [1.54, 1.807) is 6.07 Å². The number of barbiturate groups is 1. The van der Waals surface area contributed by atoms with Gasteiger partial charge in [-0.2, -0.15) is 0 Å². The molecule has 3 aliphatic heterocycles. The van der Waals surface area contributed by atoms with Crippen molar-refractivity contribution < 1.29 is 19.3 Å². The predicted molar refractivity (Wildman–Crippen MR) is 109 cm³/mol. The van der Waals surface area contributed by atoms with Gasteiger partial charge in [0.05, 0.1) is 11.0 Å². The van der Waals surface area contributed by atoms with Crippen molar-refractivity contribution in [2.75, 3.05) is 25.0 Å². The summed E-state index contributed by atoms with van der Waals surface area (Å²) in [6.45, 7) is 2.79. The molecule has 0 radical (unpaired) electrons. The number of carbonyl (C=O) groups excluding carboxylic acids is 3. The Morgan fingerprint density at radius 2 is 1.93 bits per heavy atom. The molecule has 30 heavy (non-hydrogen) atoms. The largest absolute Gasteiger partial charge is 0.367 e. The fraction of sp³-hybridized carbons (Fsp3) is 0.571. The number of fused-ring (bicyclic) bond motifs is 4. The van der Waals surface area contributed by atoms with Gasteiger partial charge in [0.1, 0.15) is 0 Å². The van der Waals surface area contributed by atoms with Crippen molar-refractivity contribution in [1.82, 2.24) is 9.80 Å². The fourth-order valence-corrected chi connectivity index (χ4v) is 5.28. The smallest absolute Gasteiger partial charge is 0.333 e. The number of benzene rings is 1. The highest BCUT2D eigenvalue weighted by atomic mass is 16.6. The number of nitro benzene ring substituents is 1. The normalized spacial score (nSPS) is 26.5. The Balaban J connectivity index is 1.91. The highest BCUT2D eigenvalue weighted by Gasteiger charge is 2.63. The van der Waals surface area contributed by atoms with Crippen molar-refractivity contribution in [3.63, 3.8) is 0 Å². The number of anilines is 1. The minimum atomic E-state index is -1.44. The van der Waals surface area contributed by atoms with Crippen LogP contribution >= 0.6 is 0 Å². The second-order valence-corrected chi connectivity index (χ2v) is 8.38. The molecular weight excluding hydrogens is 388 g/mol. The van der Waals surface area contributed by atoms with Crippen LogP contribution in [0.5, 0.6) is 0 Å². The topological polar surface area (TPSA) is 104 Å². The van der Waals surface area contributed by atoms with Crippen LogP contribution in [0.1, 0.15) is 44.6 Å². The molecule has 0 bridgehead atoms. The number of nitro groups is 1. The number of urea groups is 1. The molecule has 4 amide bonds. The van der Waals surface area contributed by atoms with Crippen molar-refractivity contribution in [2.45, 2.75) is 51.5 Å². The van der Waals surface area contributed by atoms with E-state index in [-0.39, 0.29) is 24.7 Å². The van der Waals surface area contributed by atoms with Gasteiger partial charge in [-0.25, -0.2) is 4.79 Å². The third kappa shape index (κ3) is 2.79. The molecule has 0 aromatic heterocycles. The number of hydrogen-bond acceptors (Lipinski definition) is 6. The maximum Gasteiger partial charge on any atom is 0.333 e. The molecule has 160 valence electrons. The molecule has 0 N–H and O–H groups in total. The quantitative estimate of drug-likeness (QED) is 0.428. The summed E-state index contributed by atoms with van der Waals surface area (Å²) in [7, 11) is 1.42. The Labute approximate surface area is 174 Å². The van der Waals surface area contributed by atoms with E-state index in [1.165, 1.54) is 24.1 Å². The summed E-state index contributed by atoms with van der Waals surface area (Å²) >= 11 is 0. The Bertz CT molecular complexity index is 932. The molecule has 2 atom stereocenters. The lowest BCUT2D eigenvalue weighted by molar-refractivity contribution is -0.384. The van der Waals surface area contributed by atoms with E-state index >= 15 is 0 Å². The van der Waals surface area contributed by atoms with Crippen LogP contribution in [0.2, 0.25) is 0 Å². The van der Waals surface area contributed by atoms with E-state index in [9.17, 15) is 24.5 Å². The molecule has 3 heterocycles. The average molecular weight is 414 g/mol. The number of carbonyl (C=O) groups is 3. The Kier molecular flexibility index (Phi) is 4.99. The lowest BCUT2D eigenvalue weighted by Crippen LogP contribution is -2.72. The molecule has 3 aliphatic rings. The summed E-state index contributed by atoms with van der Waals surface area (Å²) in [6, 6.07) is 3.71. The second kappa shape index (κ2) is 7.37. The van der Waals surface area contributed by atoms with Gasteiger partial charge in [0.2, 0.25) is 11.8 Å². The first-order valence-electron chi connectivity index (χ1n) is 10.5. The average Bonchev–Trinajstić information content (AvgIpc) is 3.00. The number of imide groups is 2. The van der Waals surface area contributed by atoms with Crippen molar-refractivity contribution in [2.24, 2.45) is 5.41 Å². The lowest BCUT2D eigenvalue weighted by atomic mass is 9.67. The maximum absolute atomic E-state index is 13.8. The molecule has 9 nitrogen and oxygen atoms in total. The molecule has 0 saturated carbocycles. The zero-order chi connectivity index (χ0) is 21.6. The molecule has 0 unspecified atom stereocenters. The van der Waals surface area contributed by atoms with Crippen molar-refractivity contribution in [1.29, 1.82) is 0 Å². The Morgan fingerprint density at radius 1 is 1.17 bits per heavy atom. The molecule has 9 heteroatoms. The van der Waals surface area contributed by atoms with Gasteiger partial charge in [-0.05, 0) is 30.9 Å². The van der Waals surface area contributed by atoms with E-state index in [2.05, 4.69) is 4.90 Å². The first-order chi connectivity index (χ1) is 14.3. The van der Waals surface area contributed by atoms with Crippen molar-refractivity contribution in [3.05, 3.63) is 33.9 Å². The minimum Gasteiger partial charge on any atom is -0.367 e. The van der Waals surface area contributed by atoms with Crippen LogP contribution in [0.15, 0.2) is 18.2 Å². The van der Waals surface area contributed by atoms with E-state index in [4.69, 9.17) is 0 Å². The molecule has 2 fully saturated rings. The van der Waals surface area contributed by atoms with Crippen LogP contribution < -0.4 is 4.90 Å². The van der Waals surface area contributed by atoms with E-state index in [1.807, 2.05) is 6.92 Å². The number of amides is 4.